The summed E-state index contributed by atoms with van der Waals surface area (Å²) in [7, 11) is 2.21. The summed E-state index contributed by atoms with van der Waals surface area (Å²) in [6.07, 6.45) is 5.42. The van der Waals surface area contributed by atoms with Crippen molar-refractivity contribution >= 4 is 0 Å². The molecule has 0 heterocycles. The predicted molar refractivity (Wildman–Crippen MR) is 57.7 cm³/mol. The van der Waals surface area contributed by atoms with Gasteiger partial charge >= 0.3 is 0 Å². The van der Waals surface area contributed by atoms with Gasteiger partial charge in [0.1, 0.15) is 0 Å². The molecule has 1 saturated carbocycles. The Morgan fingerprint density at radius 2 is 2.00 bits per heavy atom. The van der Waals surface area contributed by atoms with Crippen LogP contribution in [0.2, 0.25) is 0 Å². The van der Waals surface area contributed by atoms with Crippen molar-refractivity contribution in [3.8, 4) is 0 Å². The molecule has 0 radical (unpaired) electrons. The Kier molecular flexibility index (Phi) is 3.74. The van der Waals surface area contributed by atoms with Gasteiger partial charge in [-0.2, -0.15) is 0 Å². The first kappa shape index (κ1) is 11.0. The third kappa shape index (κ3) is 4.63. The van der Waals surface area contributed by atoms with Crippen LogP contribution < -0.4 is 5.73 Å². The molecule has 0 aromatic carbocycles. The van der Waals surface area contributed by atoms with Gasteiger partial charge in [0.05, 0.1) is 0 Å². The van der Waals surface area contributed by atoms with Crippen molar-refractivity contribution in [3.05, 3.63) is 0 Å². The van der Waals surface area contributed by atoms with Crippen LogP contribution in [0, 0.1) is 5.92 Å². The Bertz CT molecular complexity index is 145. The van der Waals surface area contributed by atoms with Gasteiger partial charge in [0.15, 0.2) is 0 Å². The van der Waals surface area contributed by atoms with E-state index in [1.165, 1.54) is 25.8 Å². The minimum Gasteiger partial charge on any atom is -0.326 e. The maximum absolute atomic E-state index is 5.93. The molecule has 1 rings (SSSR count). The number of nitrogens with zero attached hydrogens (tertiary/aromatic N) is 1. The second-order valence-corrected chi connectivity index (χ2v) is 5.30. The zero-order valence-corrected chi connectivity index (χ0v) is 9.34. The van der Waals surface area contributed by atoms with Crippen molar-refractivity contribution in [2.45, 2.75) is 45.1 Å². The molecule has 2 N–H and O–H groups in total. The van der Waals surface area contributed by atoms with Crippen LogP contribution in [0.1, 0.15) is 39.5 Å². The Morgan fingerprint density at radius 1 is 1.38 bits per heavy atom. The lowest BCUT2D eigenvalue weighted by atomic mass is 9.85. The average molecular weight is 184 g/mol. The maximum atomic E-state index is 5.93. The van der Waals surface area contributed by atoms with Gasteiger partial charge in [0.2, 0.25) is 0 Å². The molecule has 78 valence electrons. The van der Waals surface area contributed by atoms with E-state index in [-0.39, 0.29) is 5.54 Å². The average Bonchev–Trinajstić information content (AvgIpc) is 1.91. The lowest BCUT2D eigenvalue weighted by Gasteiger charge is -2.31. The van der Waals surface area contributed by atoms with Crippen LogP contribution in [-0.4, -0.2) is 30.6 Å². The standard InChI is InChI=1S/C11H24N2/c1-11(2,12)7-8-13(3)9-10-5-4-6-10/h10H,4-9,12H2,1-3H3. The Hall–Kier alpha value is -0.0800. The largest absolute Gasteiger partial charge is 0.326 e. The monoisotopic (exact) mass is 184 g/mol. The first-order valence-electron chi connectivity index (χ1n) is 5.45. The first-order valence-corrected chi connectivity index (χ1v) is 5.45. The quantitative estimate of drug-likeness (QED) is 0.706. The molecule has 1 fully saturated rings. The van der Waals surface area contributed by atoms with E-state index in [1.54, 1.807) is 0 Å². The van der Waals surface area contributed by atoms with Gasteiger partial charge in [-0.1, -0.05) is 6.42 Å². The highest BCUT2D eigenvalue weighted by Crippen LogP contribution is 2.26. The van der Waals surface area contributed by atoms with Crippen LogP contribution in [0.25, 0.3) is 0 Å². The molecule has 2 heteroatoms. The van der Waals surface area contributed by atoms with Crippen LogP contribution in [0.5, 0.6) is 0 Å². The second kappa shape index (κ2) is 4.43. The fourth-order valence-electron chi connectivity index (χ4n) is 1.69. The molecule has 0 spiro atoms. The topological polar surface area (TPSA) is 29.3 Å². The third-order valence-electron chi connectivity index (χ3n) is 2.93. The van der Waals surface area contributed by atoms with Gasteiger partial charge in [-0.05, 0) is 52.6 Å². The van der Waals surface area contributed by atoms with Crippen molar-refractivity contribution < 1.29 is 0 Å². The number of hydrogen-bond acceptors (Lipinski definition) is 2. The summed E-state index contributed by atoms with van der Waals surface area (Å²) in [6.45, 7) is 6.62. The molecule has 0 bridgehead atoms. The van der Waals surface area contributed by atoms with Crippen molar-refractivity contribution in [2.24, 2.45) is 11.7 Å². The summed E-state index contributed by atoms with van der Waals surface area (Å²) in [5.41, 5.74) is 5.93. The molecule has 0 aromatic heterocycles. The maximum Gasteiger partial charge on any atom is 0.0109 e. The Labute approximate surface area is 82.5 Å². The Balaban J connectivity index is 2.06. The van der Waals surface area contributed by atoms with E-state index >= 15 is 0 Å². The molecular formula is C11H24N2. The minimum atomic E-state index is -0.00608. The summed E-state index contributed by atoms with van der Waals surface area (Å²) in [4.78, 5) is 2.43. The highest BCUT2D eigenvalue weighted by Gasteiger charge is 2.19. The number of nitrogens with two attached hydrogens (primary N) is 1. The third-order valence-corrected chi connectivity index (χ3v) is 2.93. The molecule has 0 aliphatic heterocycles. The summed E-state index contributed by atoms with van der Waals surface area (Å²) >= 11 is 0. The molecule has 1 aliphatic carbocycles. The van der Waals surface area contributed by atoms with Crippen LogP contribution in [0.4, 0.5) is 0 Å². The van der Waals surface area contributed by atoms with Crippen molar-refractivity contribution in [1.29, 1.82) is 0 Å². The predicted octanol–water partition coefficient (Wildman–Crippen LogP) is 1.85. The van der Waals surface area contributed by atoms with Gasteiger partial charge < -0.3 is 10.6 Å². The van der Waals surface area contributed by atoms with Gasteiger partial charge in [-0.3, -0.25) is 0 Å². The van der Waals surface area contributed by atoms with E-state index in [2.05, 4.69) is 25.8 Å². The molecule has 0 aromatic rings. The van der Waals surface area contributed by atoms with E-state index in [9.17, 15) is 0 Å². The number of rotatable bonds is 5. The van der Waals surface area contributed by atoms with Crippen LogP contribution in [0.15, 0.2) is 0 Å². The van der Waals surface area contributed by atoms with Gasteiger partial charge in [0, 0.05) is 12.1 Å². The van der Waals surface area contributed by atoms with Crippen molar-refractivity contribution in [3.63, 3.8) is 0 Å². The van der Waals surface area contributed by atoms with Gasteiger partial charge in [0.25, 0.3) is 0 Å². The fourth-order valence-corrected chi connectivity index (χ4v) is 1.69. The minimum absolute atomic E-state index is 0.00608. The van der Waals surface area contributed by atoms with E-state index in [1.807, 2.05) is 0 Å². The summed E-state index contributed by atoms with van der Waals surface area (Å²) in [5, 5.41) is 0. The van der Waals surface area contributed by atoms with Crippen LogP contribution >= 0.6 is 0 Å². The van der Waals surface area contributed by atoms with Gasteiger partial charge in [-0.25, -0.2) is 0 Å². The summed E-state index contributed by atoms with van der Waals surface area (Å²) in [6, 6.07) is 0. The van der Waals surface area contributed by atoms with E-state index in [0.29, 0.717) is 0 Å². The van der Waals surface area contributed by atoms with Crippen molar-refractivity contribution in [1.82, 2.24) is 4.90 Å². The lowest BCUT2D eigenvalue weighted by Crippen LogP contribution is -2.38. The summed E-state index contributed by atoms with van der Waals surface area (Å²) in [5.74, 6) is 0.978. The highest BCUT2D eigenvalue weighted by molar-refractivity contribution is 4.76. The highest BCUT2D eigenvalue weighted by atomic mass is 15.1. The summed E-state index contributed by atoms with van der Waals surface area (Å²) < 4.78 is 0. The zero-order chi connectivity index (χ0) is 9.90. The van der Waals surface area contributed by atoms with Crippen LogP contribution in [-0.2, 0) is 0 Å². The van der Waals surface area contributed by atoms with Gasteiger partial charge in [-0.15, -0.1) is 0 Å². The molecule has 13 heavy (non-hydrogen) atoms. The zero-order valence-electron chi connectivity index (χ0n) is 9.34. The van der Waals surface area contributed by atoms with Crippen molar-refractivity contribution in [2.75, 3.05) is 20.1 Å². The molecule has 0 atom stereocenters. The second-order valence-electron chi connectivity index (χ2n) is 5.30. The van der Waals surface area contributed by atoms with E-state index in [4.69, 9.17) is 5.73 Å². The lowest BCUT2D eigenvalue weighted by molar-refractivity contribution is 0.195. The molecule has 2 nitrogen and oxygen atoms in total. The SMILES string of the molecule is CN(CCC(C)(C)N)CC1CCC1. The number of hydrogen-bond donors (Lipinski definition) is 1. The molecule has 0 unspecified atom stereocenters. The fraction of sp³-hybridized carbons (Fsp3) is 1.00. The molecule has 1 aliphatic rings. The first-order chi connectivity index (χ1) is 5.97. The normalized spacial score (nSPS) is 19.2. The molecular weight excluding hydrogens is 160 g/mol. The smallest absolute Gasteiger partial charge is 0.0109 e. The van der Waals surface area contributed by atoms with E-state index in [0.717, 1.165) is 18.9 Å². The van der Waals surface area contributed by atoms with E-state index < -0.39 is 0 Å². The molecule has 0 saturated heterocycles. The molecule has 0 amide bonds. The Morgan fingerprint density at radius 3 is 2.38 bits per heavy atom. The van der Waals surface area contributed by atoms with Crippen LogP contribution in [0.3, 0.4) is 0 Å².